The topological polar surface area (TPSA) is 40.5 Å². The van der Waals surface area contributed by atoms with Crippen LogP contribution in [0.1, 0.15) is 48.4 Å². The fourth-order valence-electron chi connectivity index (χ4n) is 2.07. The monoisotopic (exact) mass is 294 g/mol. The first-order valence-electron chi connectivity index (χ1n) is 6.90. The highest BCUT2D eigenvalue weighted by Gasteiger charge is 2.14. The van der Waals surface area contributed by atoms with Gasteiger partial charge in [0.15, 0.2) is 0 Å². The number of benzene rings is 1. The predicted octanol–water partition coefficient (Wildman–Crippen LogP) is 4.99. The zero-order valence-electron chi connectivity index (χ0n) is 12.7. The molecule has 0 bridgehead atoms. The molecule has 20 heavy (non-hydrogen) atoms. The number of aromatic hydroxyl groups is 2. The van der Waals surface area contributed by atoms with Gasteiger partial charge in [-0.1, -0.05) is 0 Å². The molecule has 0 fully saturated rings. The summed E-state index contributed by atoms with van der Waals surface area (Å²) in [7, 11) is 0. The normalized spacial score (nSPS) is 10.2. The van der Waals surface area contributed by atoms with Crippen LogP contribution in [0.25, 0.3) is 6.08 Å². The van der Waals surface area contributed by atoms with Crippen molar-refractivity contribution in [2.45, 2.75) is 47.0 Å². The number of phenols is 2. The largest absolute Gasteiger partial charge is 0.507 e. The Kier molecular flexibility index (Phi) is 6.19. The minimum absolute atomic E-state index is 0.221. The van der Waals surface area contributed by atoms with E-state index < -0.39 is 0 Å². The molecule has 0 aliphatic rings. The van der Waals surface area contributed by atoms with Gasteiger partial charge < -0.3 is 10.2 Å². The first-order chi connectivity index (χ1) is 9.40. The van der Waals surface area contributed by atoms with Crippen molar-refractivity contribution >= 4 is 17.7 Å². The molecule has 0 atom stereocenters. The van der Waals surface area contributed by atoms with Crippen molar-refractivity contribution in [3.63, 3.8) is 0 Å². The minimum Gasteiger partial charge on any atom is -0.507 e. The van der Waals surface area contributed by atoms with Gasteiger partial charge in [-0.25, -0.2) is 0 Å². The van der Waals surface area contributed by atoms with Gasteiger partial charge in [-0.05, 0) is 69.7 Å². The smallest absolute Gasteiger partial charge is 0.127 e. The lowest BCUT2D eigenvalue weighted by molar-refractivity contribution is 0.448. The van der Waals surface area contributed by atoms with Crippen LogP contribution in [0, 0.1) is 20.8 Å². The molecule has 0 saturated heterocycles. The van der Waals surface area contributed by atoms with E-state index in [0.717, 1.165) is 30.4 Å². The quantitative estimate of drug-likeness (QED) is 0.347. The summed E-state index contributed by atoms with van der Waals surface area (Å²) in [6.45, 7) is 7.42. The summed E-state index contributed by atoms with van der Waals surface area (Å²) < 4.78 is 0. The van der Waals surface area contributed by atoms with Gasteiger partial charge in [-0.15, -0.1) is 17.3 Å². The summed E-state index contributed by atoms with van der Waals surface area (Å²) in [5.74, 6) is 1.15. The van der Waals surface area contributed by atoms with E-state index in [2.05, 4.69) is 5.73 Å². The third-order valence-electron chi connectivity index (χ3n) is 3.69. The van der Waals surface area contributed by atoms with Gasteiger partial charge >= 0.3 is 0 Å². The van der Waals surface area contributed by atoms with Crippen LogP contribution in [0.3, 0.4) is 0 Å². The second-order valence-electron chi connectivity index (χ2n) is 5.20. The first-order valence-corrected chi connectivity index (χ1v) is 7.43. The molecule has 0 amide bonds. The van der Waals surface area contributed by atoms with E-state index in [9.17, 15) is 10.2 Å². The van der Waals surface area contributed by atoms with Gasteiger partial charge in [0.2, 0.25) is 0 Å². The molecular weight excluding hydrogens is 272 g/mol. The van der Waals surface area contributed by atoms with E-state index in [4.69, 9.17) is 11.6 Å². The number of alkyl halides is 1. The number of rotatable bonds is 5. The van der Waals surface area contributed by atoms with Gasteiger partial charge in [-0.3, -0.25) is 0 Å². The van der Waals surface area contributed by atoms with Crippen LogP contribution < -0.4 is 0 Å². The number of halogens is 1. The van der Waals surface area contributed by atoms with E-state index in [1.807, 2.05) is 6.92 Å². The summed E-state index contributed by atoms with van der Waals surface area (Å²) in [6, 6.07) is 0. The lowest BCUT2D eigenvalue weighted by Gasteiger charge is -2.12. The van der Waals surface area contributed by atoms with E-state index >= 15 is 0 Å². The van der Waals surface area contributed by atoms with Crippen molar-refractivity contribution in [2.24, 2.45) is 0 Å². The Labute approximate surface area is 126 Å². The van der Waals surface area contributed by atoms with Crippen LogP contribution in [-0.4, -0.2) is 16.1 Å². The summed E-state index contributed by atoms with van der Waals surface area (Å²) >= 11 is 5.65. The van der Waals surface area contributed by atoms with Gasteiger partial charge in [0, 0.05) is 17.0 Å². The Balaban J connectivity index is 3.12. The highest BCUT2D eigenvalue weighted by molar-refractivity contribution is 6.17. The SMILES string of the molecule is CC(=C=Cc1c(C)c(O)c(C)c(C)c1O)CCCCCl. The molecule has 0 spiro atoms. The summed E-state index contributed by atoms with van der Waals surface area (Å²) in [4.78, 5) is 0. The summed E-state index contributed by atoms with van der Waals surface area (Å²) in [5.41, 5.74) is 7.07. The third-order valence-corrected chi connectivity index (χ3v) is 3.95. The van der Waals surface area contributed by atoms with Crippen LogP contribution >= 0.6 is 11.6 Å². The highest BCUT2D eigenvalue weighted by atomic mass is 35.5. The van der Waals surface area contributed by atoms with Crippen molar-refractivity contribution in [1.82, 2.24) is 0 Å². The van der Waals surface area contributed by atoms with Crippen LogP contribution in [0.4, 0.5) is 0 Å². The van der Waals surface area contributed by atoms with E-state index in [1.54, 1.807) is 26.8 Å². The van der Waals surface area contributed by atoms with Crippen molar-refractivity contribution < 1.29 is 10.2 Å². The molecule has 1 rings (SSSR count). The molecule has 1 aromatic rings. The third kappa shape index (κ3) is 3.82. The second-order valence-corrected chi connectivity index (χ2v) is 5.58. The fraction of sp³-hybridized carbons (Fsp3) is 0.471. The van der Waals surface area contributed by atoms with Crippen molar-refractivity contribution in [3.8, 4) is 11.5 Å². The molecule has 0 aromatic heterocycles. The molecule has 3 heteroatoms. The first kappa shape index (κ1) is 16.7. The average Bonchev–Trinajstić information content (AvgIpc) is 2.43. The molecular formula is C17H23ClO2. The number of hydrogen-bond donors (Lipinski definition) is 2. The molecule has 0 unspecified atom stereocenters. The highest BCUT2D eigenvalue weighted by Crippen LogP contribution is 2.36. The predicted molar refractivity (Wildman–Crippen MR) is 85.7 cm³/mol. The summed E-state index contributed by atoms with van der Waals surface area (Å²) in [5, 5.41) is 20.3. The Bertz CT molecular complexity index is 524. The Morgan fingerprint density at radius 3 is 2.25 bits per heavy atom. The maximum atomic E-state index is 10.2. The maximum Gasteiger partial charge on any atom is 0.127 e. The molecule has 2 nitrogen and oxygen atoms in total. The van der Waals surface area contributed by atoms with Gasteiger partial charge in [-0.2, -0.15) is 0 Å². The van der Waals surface area contributed by atoms with Crippen molar-refractivity contribution in [2.75, 3.05) is 5.88 Å². The maximum absolute atomic E-state index is 10.2. The van der Waals surface area contributed by atoms with Gasteiger partial charge in [0.25, 0.3) is 0 Å². The van der Waals surface area contributed by atoms with Gasteiger partial charge in [0.05, 0.1) is 0 Å². The van der Waals surface area contributed by atoms with Crippen LogP contribution in [-0.2, 0) is 0 Å². The zero-order chi connectivity index (χ0) is 15.3. The van der Waals surface area contributed by atoms with Crippen molar-refractivity contribution in [1.29, 1.82) is 0 Å². The van der Waals surface area contributed by atoms with E-state index in [-0.39, 0.29) is 11.5 Å². The number of phenolic OH excluding ortho intramolecular Hbond substituents is 2. The Morgan fingerprint density at radius 1 is 1.05 bits per heavy atom. The van der Waals surface area contributed by atoms with Crippen LogP contribution in [0.2, 0.25) is 0 Å². The molecule has 0 saturated carbocycles. The molecule has 110 valence electrons. The lowest BCUT2D eigenvalue weighted by atomic mass is 9.97. The minimum atomic E-state index is 0.221. The Morgan fingerprint density at radius 2 is 1.65 bits per heavy atom. The molecule has 0 aliphatic carbocycles. The molecule has 0 aliphatic heterocycles. The lowest BCUT2D eigenvalue weighted by Crippen LogP contribution is -1.91. The number of hydrogen-bond acceptors (Lipinski definition) is 2. The Hall–Kier alpha value is -1.37. The molecule has 1 aromatic carbocycles. The van der Waals surface area contributed by atoms with Crippen molar-refractivity contribution in [3.05, 3.63) is 33.6 Å². The zero-order valence-corrected chi connectivity index (χ0v) is 13.4. The second kappa shape index (κ2) is 7.42. The van der Waals surface area contributed by atoms with Gasteiger partial charge in [0.1, 0.15) is 11.5 Å². The standard InChI is InChI=1S/C17H23ClO2/c1-11(7-5-6-10-18)8-9-15-14(4)16(19)12(2)13(3)17(15)20/h9,19-20H,5-7,10H2,1-4H3. The van der Waals surface area contributed by atoms with Crippen LogP contribution in [0.15, 0.2) is 11.3 Å². The molecule has 2 N–H and O–H groups in total. The molecule has 0 heterocycles. The average molecular weight is 295 g/mol. The number of unbranched alkanes of at least 4 members (excludes halogenated alkanes) is 1. The molecule has 0 radical (unpaired) electrons. The van der Waals surface area contributed by atoms with E-state index in [1.165, 1.54) is 0 Å². The number of allylic oxidation sites excluding steroid dienone is 1. The van der Waals surface area contributed by atoms with Crippen LogP contribution in [0.5, 0.6) is 11.5 Å². The summed E-state index contributed by atoms with van der Waals surface area (Å²) in [6.07, 6.45) is 4.74. The fourth-order valence-corrected chi connectivity index (χ4v) is 2.26. The van der Waals surface area contributed by atoms with E-state index in [0.29, 0.717) is 22.6 Å².